The fraction of sp³-hybridized carbons (Fsp3) is 0.613. The molecule has 0 radical (unpaired) electrons. The lowest BCUT2D eigenvalue weighted by Crippen LogP contribution is -2.60. The first kappa shape index (κ1) is 41.1. The van der Waals surface area contributed by atoms with Crippen LogP contribution in [-0.4, -0.2) is 117 Å². The van der Waals surface area contributed by atoms with Crippen molar-refractivity contribution in [1.82, 2.24) is 36.1 Å². The van der Waals surface area contributed by atoms with Gasteiger partial charge in [-0.05, 0) is 25.2 Å². The van der Waals surface area contributed by atoms with Crippen molar-refractivity contribution in [2.45, 2.75) is 103 Å². The van der Waals surface area contributed by atoms with Gasteiger partial charge < -0.3 is 36.0 Å². The van der Waals surface area contributed by atoms with Gasteiger partial charge in [-0.1, -0.05) is 41.0 Å². The summed E-state index contributed by atoms with van der Waals surface area (Å²) in [6, 6.07) is -7.57. The molecule has 17 nitrogen and oxygen atoms in total. The molecule has 0 bridgehead atoms. The maximum Gasteiger partial charge on any atom is 0.383 e. The average Bonchev–Trinajstić information content (AvgIpc) is 3.49. The van der Waals surface area contributed by atoms with E-state index in [0.717, 1.165) is 11.8 Å². The quantitative estimate of drug-likeness (QED) is 0.0965. The van der Waals surface area contributed by atoms with E-state index < -0.39 is 95.4 Å². The van der Waals surface area contributed by atoms with Gasteiger partial charge in [-0.3, -0.25) is 43.3 Å². The summed E-state index contributed by atoms with van der Waals surface area (Å²) in [6.45, 7) is 8.72. The predicted molar refractivity (Wildman–Crippen MR) is 168 cm³/mol. The molecule has 1 aliphatic heterocycles. The molecular weight excluding hydrogens is 668 g/mol. The molecule has 276 valence electrons. The molecule has 0 spiro atoms. The highest BCUT2D eigenvalue weighted by atomic mass is 19.3. The highest BCUT2D eigenvalue weighted by Gasteiger charge is 2.52. The molecule has 1 aromatic heterocycles. The summed E-state index contributed by atoms with van der Waals surface area (Å²) < 4.78 is 34.8. The van der Waals surface area contributed by atoms with Crippen LogP contribution >= 0.6 is 0 Å². The number of likely N-dealkylation sites (tertiary alicyclic amines) is 1. The highest BCUT2D eigenvalue weighted by Crippen LogP contribution is 2.25. The predicted octanol–water partition coefficient (Wildman–Crippen LogP) is -0.407. The summed E-state index contributed by atoms with van der Waals surface area (Å²) in [4.78, 5) is 110. The number of nitrogens with zero attached hydrogens (tertiary/aromatic N) is 3. The lowest BCUT2D eigenvalue weighted by Gasteiger charge is -2.32. The minimum Gasteiger partial charge on any atom is -0.480 e. The Morgan fingerprint density at radius 2 is 1.64 bits per heavy atom. The lowest BCUT2D eigenvalue weighted by molar-refractivity contribution is -0.162. The second kappa shape index (κ2) is 18.1. The lowest BCUT2D eigenvalue weighted by atomic mass is 9.98. The Morgan fingerprint density at radius 1 is 1.00 bits per heavy atom. The number of alkyl halides is 2. The fourth-order valence-corrected chi connectivity index (χ4v) is 5.07. The van der Waals surface area contributed by atoms with Crippen LogP contribution in [0.5, 0.6) is 0 Å². The fourth-order valence-electron chi connectivity index (χ4n) is 5.07. The van der Waals surface area contributed by atoms with E-state index in [1.54, 1.807) is 27.7 Å². The van der Waals surface area contributed by atoms with Gasteiger partial charge in [-0.2, -0.15) is 8.78 Å². The standard InChI is InChI=1S/C31H43F2N7O10/c1-7-8-19(24(42)31(32,33)30(49)36-17(6)29(47)48)37-26(44)21-11-18(50-14-41)13-40(21)28(46)23(16(4)5)39-27(45)22(15(2)3)38-25(43)20-12-34-9-10-35-20/h9-10,12,14-19,21-23H,7-8,11,13H2,1-6H3,(H,36,49)(H,37,44)(H,38,43)(H,39,45)(H,47,48)/t17-,18+,19-,21-,22-,23-/m0/s1. The third-order valence-electron chi connectivity index (χ3n) is 7.88. The van der Waals surface area contributed by atoms with Crippen molar-refractivity contribution in [1.29, 1.82) is 0 Å². The number of ether oxygens (including phenoxy) is 1. The van der Waals surface area contributed by atoms with Crippen molar-refractivity contribution in [2.75, 3.05) is 6.54 Å². The zero-order valence-electron chi connectivity index (χ0n) is 28.5. The Kier molecular flexibility index (Phi) is 14.8. The van der Waals surface area contributed by atoms with E-state index in [0.29, 0.717) is 0 Å². The Bertz CT molecular complexity index is 1430. The zero-order chi connectivity index (χ0) is 37.9. The maximum atomic E-state index is 14.9. The number of halogens is 2. The van der Waals surface area contributed by atoms with Gasteiger partial charge in [0.2, 0.25) is 23.5 Å². The van der Waals surface area contributed by atoms with Crippen molar-refractivity contribution in [3.63, 3.8) is 0 Å². The van der Waals surface area contributed by atoms with E-state index in [4.69, 9.17) is 9.84 Å². The van der Waals surface area contributed by atoms with Crippen molar-refractivity contribution in [2.24, 2.45) is 11.8 Å². The van der Waals surface area contributed by atoms with Gasteiger partial charge in [0.25, 0.3) is 18.3 Å². The molecule has 2 rings (SSSR count). The summed E-state index contributed by atoms with van der Waals surface area (Å²) in [5.74, 6) is -14.9. The molecule has 0 unspecified atom stereocenters. The summed E-state index contributed by atoms with van der Waals surface area (Å²) in [7, 11) is 0. The van der Waals surface area contributed by atoms with Crippen LogP contribution in [0.15, 0.2) is 18.6 Å². The monoisotopic (exact) mass is 711 g/mol. The first-order valence-corrected chi connectivity index (χ1v) is 15.9. The molecule has 19 heteroatoms. The number of Topliss-reactive ketones (excluding diaryl/α,β-unsaturated/α-hetero) is 1. The first-order valence-electron chi connectivity index (χ1n) is 15.9. The topological polar surface area (TPSA) is 243 Å². The van der Waals surface area contributed by atoms with Crippen LogP contribution in [0.3, 0.4) is 0 Å². The summed E-state index contributed by atoms with van der Waals surface area (Å²) in [5, 5.41) is 17.8. The van der Waals surface area contributed by atoms with Crippen LogP contribution < -0.4 is 21.3 Å². The van der Waals surface area contributed by atoms with E-state index in [1.165, 1.54) is 30.8 Å². The molecule has 1 aromatic rings. The molecule has 1 aliphatic rings. The number of hydrogen-bond acceptors (Lipinski definition) is 11. The molecule has 0 saturated carbocycles. The molecule has 0 aromatic carbocycles. The number of amides is 5. The third-order valence-corrected chi connectivity index (χ3v) is 7.88. The van der Waals surface area contributed by atoms with Crippen LogP contribution in [0.1, 0.15) is 71.3 Å². The van der Waals surface area contributed by atoms with Gasteiger partial charge in [0.1, 0.15) is 36.0 Å². The van der Waals surface area contributed by atoms with E-state index in [9.17, 15) is 47.1 Å². The molecule has 5 N–H and O–H groups in total. The maximum absolute atomic E-state index is 14.9. The molecular formula is C31H43F2N7O10. The highest BCUT2D eigenvalue weighted by molar-refractivity contribution is 6.11. The van der Waals surface area contributed by atoms with Crippen LogP contribution in [0.2, 0.25) is 0 Å². The van der Waals surface area contributed by atoms with Gasteiger partial charge in [-0.25, -0.2) is 4.98 Å². The Balaban J connectivity index is 2.32. The molecule has 6 atom stereocenters. The number of carboxylic acids is 1. The van der Waals surface area contributed by atoms with E-state index in [-0.39, 0.29) is 38.0 Å². The van der Waals surface area contributed by atoms with Crippen LogP contribution in [0.4, 0.5) is 8.78 Å². The van der Waals surface area contributed by atoms with E-state index in [1.807, 2.05) is 0 Å². The Hall–Kier alpha value is -5.10. The molecule has 0 aliphatic carbocycles. The van der Waals surface area contributed by atoms with Crippen molar-refractivity contribution in [3.8, 4) is 0 Å². The second-order valence-electron chi connectivity index (χ2n) is 12.4. The number of aromatic nitrogens is 2. The van der Waals surface area contributed by atoms with Gasteiger partial charge in [0.05, 0.1) is 18.8 Å². The van der Waals surface area contributed by atoms with Crippen LogP contribution in [0.25, 0.3) is 0 Å². The van der Waals surface area contributed by atoms with Gasteiger partial charge >= 0.3 is 11.9 Å². The molecule has 2 heterocycles. The first-order chi connectivity index (χ1) is 23.4. The second-order valence-corrected chi connectivity index (χ2v) is 12.4. The summed E-state index contributed by atoms with van der Waals surface area (Å²) in [5.41, 5.74) is -0.0531. The number of hydrogen-bond donors (Lipinski definition) is 5. The number of ketones is 1. The molecule has 1 fully saturated rings. The number of nitrogens with one attached hydrogen (secondary N) is 4. The normalized spacial score (nSPS) is 18.3. The van der Waals surface area contributed by atoms with Crippen molar-refractivity contribution >= 4 is 47.8 Å². The largest absolute Gasteiger partial charge is 0.480 e. The number of aliphatic carboxylic acids is 1. The smallest absolute Gasteiger partial charge is 0.383 e. The van der Waals surface area contributed by atoms with E-state index in [2.05, 4.69) is 25.9 Å². The number of carbonyl (C=O) groups is 8. The van der Waals surface area contributed by atoms with Gasteiger partial charge in [0.15, 0.2) is 0 Å². The third kappa shape index (κ3) is 10.4. The van der Waals surface area contributed by atoms with E-state index >= 15 is 0 Å². The Labute approximate surface area is 286 Å². The van der Waals surface area contributed by atoms with Crippen molar-refractivity contribution in [3.05, 3.63) is 24.3 Å². The average molecular weight is 712 g/mol. The Morgan fingerprint density at radius 3 is 2.16 bits per heavy atom. The number of carboxylic acid groups (broad SMARTS) is 1. The minimum atomic E-state index is -4.73. The molecule has 1 saturated heterocycles. The zero-order valence-corrected chi connectivity index (χ0v) is 28.5. The van der Waals surface area contributed by atoms with Crippen LogP contribution in [-0.2, 0) is 38.3 Å². The van der Waals surface area contributed by atoms with Gasteiger partial charge in [-0.15, -0.1) is 0 Å². The SMILES string of the molecule is CCC[C@H](NC(=O)[C@@H]1C[C@@H](OC=O)CN1C(=O)[C@@H](NC(=O)[C@@H](NC(=O)c1cnccn1)C(C)C)C(C)C)C(=O)C(F)(F)C(=O)N[C@@H](C)C(=O)O. The summed E-state index contributed by atoms with van der Waals surface area (Å²) >= 11 is 0. The number of rotatable bonds is 18. The van der Waals surface area contributed by atoms with Crippen molar-refractivity contribution < 1.29 is 57.0 Å². The van der Waals surface area contributed by atoms with Gasteiger partial charge in [0, 0.05) is 18.8 Å². The summed E-state index contributed by atoms with van der Waals surface area (Å²) in [6.07, 6.45) is 2.29. The minimum absolute atomic E-state index is 0.0531. The van der Waals surface area contributed by atoms with Crippen LogP contribution in [0, 0.1) is 11.8 Å². The number of carbonyl (C=O) groups excluding carboxylic acids is 7. The molecule has 50 heavy (non-hydrogen) atoms. The molecule has 5 amide bonds.